The van der Waals surface area contributed by atoms with Gasteiger partial charge >= 0.3 is 0 Å². The van der Waals surface area contributed by atoms with Gasteiger partial charge in [-0.1, -0.05) is 49.0 Å². The lowest BCUT2D eigenvalue weighted by atomic mass is 9.73. The number of rotatable bonds is 7. The van der Waals surface area contributed by atoms with E-state index in [9.17, 15) is 8.42 Å². The van der Waals surface area contributed by atoms with Crippen LogP contribution in [-0.2, 0) is 16.6 Å². The van der Waals surface area contributed by atoms with Crippen LogP contribution < -0.4 is 5.73 Å². The molecule has 0 bridgehead atoms. The zero-order chi connectivity index (χ0) is 30.5. The van der Waals surface area contributed by atoms with E-state index in [1.165, 1.54) is 5.56 Å². The molecule has 2 aromatic carbocycles. The molecule has 2 fully saturated rings. The minimum atomic E-state index is -3.35. The second-order valence-corrected chi connectivity index (χ2v) is 14.2. The molecular weight excluding hydrogens is 570 g/mol. The number of nitrogens with two attached hydrogens (primary N) is 1. The van der Waals surface area contributed by atoms with Crippen molar-refractivity contribution in [3.63, 3.8) is 0 Å². The number of pyridine rings is 2. The average molecular weight is 606 g/mol. The van der Waals surface area contributed by atoms with Crippen molar-refractivity contribution in [1.29, 1.82) is 0 Å². The van der Waals surface area contributed by atoms with E-state index in [1.807, 2.05) is 42.5 Å². The number of likely N-dealkylation sites (tertiary alicyclic amines) is 1. The smallest absolute Gasteiger partial charge is 0.238 e. The van der Waals surface area contributed by atoms with E-state index in [-0.39, 0.29) is 10.3 Å². The molecule has 7 rings (SSSR count). The molecule has 9 nitrogen and oxygen atoms in total. The van der Waals surface area contributed by atoms with Crippen molar-refractivity contribution in [2.24, 2.45) is 5.41 Å². The van der Waals surface area contributed by atoms with Gasteiger partial charge in [-0.15, -0.1) is 0 Å². The molecule has 0 aliphatic carbocycles. The molecule has 10 heteroatoms. The van der Waals surface area contributed by atoms with Crippen molar-refractivity contribution in [3.05, 3.63) is 102 Å². The fourth-order valence-electron chi connectivity index (χ4n) is 6.36. The number of benzene rings is 2. The molecule has 0 saturated carbocycles. The van der Waals surface area contributed by atoms with Gasteiger partial charge in [0.25, 0.3) is 0 Å². The molecule has 5 heterocycles. The lowest BCUT2D eigenvalue weighted by Gasteiger charge is -2.53. The first-order valence-corrected chi connectivity index (χ1v) is 16.3. The second kappa shape index (κ2) is 11.0. The van der Waals surface area contributed by atoms with E-state index < -0.39 is 10.0 Å². The molecule has 2 saturated heterocycles. The number of anilines is 1. The summed E-state index contributed by atoms with van der Waals surface area (Å²) in [6.07, 6.45) is 3.68. The third kappa shape index (κ3) is 5.08. The van der Waals surface area contributed by atoms with Gasteiger partial charge in [0, 0.05) is 47.4 Å². The number of hydrogen-bond acceptors (Lipinski definition) is 7. The maximum atomic E-state index is 12.4. The van der Waals surface area contributed by atoms with E-state index in [1.54, 1.807) is 17.4 Å². The van der Waals surface area contributed by atoms with E-state index in [2.05, 4.69) is 57.4 Å². The Balaban J connectivity index is 1.13. The predicted molar refractivity (Wildman–Crippen MR) is 174 cm³/mol. The highest BCUT2D eigenvalue weighted by Gasteiger charge is 2.49. The fraction of sp³-hybridized carbons (Fsp3) is 0.265. The van der Waals surface area contributed by atoms with Crippen LogP contribution in [0, 0.1) is 5.41 Å². The topological polar surface area (TPSA) is 110 Å². The number of fused-ring (bicyclic) bond motifs is 1. The molecule has 44 heavy (non-hydrogen) atoms. The van der Waals surface area contributed by atoms with Crippen molar-refractivity contribution in [2.45, 2.75) is 26.3 Å². The number of nitrogens with zero attached hydrogens (tertiary/aromatic N) is 6. The highest BCUT2D eigenvalue weighted by Crippen LogP contribution is 2.43. The van der Waals surface area contributed by atoms with Crippen molar-refractivity contribution in [3.8, 4) is 28.3 Å². The highest BCUT2D eigenvalue weighted by molar-refractivity contribution is 7.93. The first-order chi connectivity index (χ1) is 21.2. The summed E-state index contributed by atoms with van der Waals surface area (Å²) in [4.78, 5) is 17.0. The van der Waals surface area contributed by atoms with Crippen LogP contribution in [0.3, 0.4) is 0 Å². The monoisotopic (exact) mass is 605 g/mol. The van der Waals surface area contributed by atoms with Crippen LogP contribution in [0.15, 0.2) is 96.5 Å². The summed E-state index contributed by atoms with van der Waals surface area (Å²) in [5.41, 5.74) is 12.8. The Morgan fingerprint density at radius 1 is 0.932 bits per heavy atom. The van der Waals surface area contributed by atoms with Crippen molar-refractivity contribution < 1.29 is 8.42 Å². The number of allylic oxidation sites excluding steroid dienone is 1. The Labute approximate surface area is 257 Å². The molecule has 0 atom stereocenters. The molecular formula is C34H35N7O2S. The zero-order valence-corrected chi connectivity index (χ0v) is 25.5. The molecule has 224 valence electrons. The number of imidazole rings is 1. The molecule has 0 amide bonds. The zero-order valence-electron chi connectivity index (χ0n) is 24.7. The number of hydrogen-bond donors (Lipinski definition) is 1. The van der Waals surface area contributed by atoms with Gasteiger partial charge in [-0.05, 0) is 74.8 Å². The Bertz CT molecular complexity index is 1950. The first-order valence-electron chi connectivity index (χ1n) is 14.9. The normalized spacial score (nSPS) is 17.1. The van der Waals surface area contributed by atoms with Gasteiger partial charge in [0.2, 0.25) is 10.0 Å². The summed E-state index contributed by atoms with van der Waals surface area (Å²) in [6.45, 7) is 9.16. The van der Waals surface area contributed by atoms with Gasteiger partial charge in [0.05, 0.1) is 11.3 Å². The van der Waals surface area contributed by atoms with E-state index in [0.717, 1.165) is 66.1 Å². The lowest BCUT2D eigenvalue weighted by Crippen LogP contribution is -2.61. The Kier molecular flexibility index (Phi) is 7.07. The predicted octanol–water partition coefficient (Wildman–Crippen LogP) is 5.49. The fourth-order valence-corrected chi connectivity index (χ4v) is 7.69. The van der Waals surface area contributed by atoms with Crippen LogP contribution in [0.25, 0.3) is 39.5 Å². The first kappa shape index (κ1) is 28.4. The summed E-state index contributed by atoms with van der Waals surface area (Å²) >= 11 is 0. The van der Waals surface area contributed by atoms with Gasteiger partial charge in [-0.25, -0.2) is 23.4 Å². The van der Waals surface area contributed by atoms with Gasteiger partial charge in [0.1, 0.15) is 11.3 Å². The van der Waals surface area contributed by atoms with E-state index in [0.29, 0.717) is 24.7 Å². The molecule has 2 aliphatic heterocycles. The third-order valence-electron chi connectivity index (χ3n) is 8.97. The Morgan fingerprint density at radius 3 is 2.34 bits per heavy atom. The molecule has 2 aliphatic rings. The summed E-state index contributed by atoms with van der Waals surface area (Å²) < 4.78 is 28.5. The number of nitrogen functional groups attached to an aromatic ring is 1. The lowest BCUT2D eigenvalue weighted by molar-refractivity contribution is -0.000895. The number of sulfonamides is 1. The molecule has 0 unspecified atom stereocenters. The number of aromatic nitrogens is 4. The van der Waals surface area contributed by atoms with Gasteiger partial charge in [0.15, 0.2) is 11.5 Å². The largest absolute Gasteiger partial charge is 0.383 e. The van der Waals surface area contributed by atoms with Crippen molar-refractivity contribution in [1.82, 2.24) is 28.7 Å². The molecule has 3 aromatic heterocycles. The standard InChI is InChI=1S/C34H35N7O2S/c1-24(2)44(42,43)40-22-34(23-40)16-19-39(20-17-34)21-25-10-12-27(13-11-25)41-32(28-9-6-18-36-31(28)35)38-30-15-14-29(37-33(30)41)26-7-4-3-5-8-26/h3-15,18H,1,16-17,19-23H2,2H3,(H2,35,36). The van der Waals surface area contributed by atoms with E-state index in [4.69, 9.17) is 15.7 Å². The summed E-state index contributed by atoms with van der Waals surface area (Å²) in [5, 5.41) is 0. The Hall–Kier alpha value is -4.38. The quantitative estimate of drug-likeness (QED) is 0.261. The highest BCUT2D eigenvalue weighted by atomic mass is 32.2. The molecule has 1 spiro atoms. The van der Waals surface area contributed by atoms with Gasteiger partial charge in [-0.3, -0.25) is 9.47 Å². The summed E-state index contributed by atoms with van der Waals surface area (Å²) in [7, 11) is -3.35. The van der Waals surface area contributed by atoms with Crippen molar-refractivity contribution >= 4 is 27.0 Å². The maximum Gasteiger partial charge on any atom is 0.238 e. The summed E-state index contributed by atoms with van der Waals surface area (Å²) in [6, 6.07) is 26.5. The van der Waals surface area contributed by atoms with Crippen LogP contribution in [0.5, 0.6) is 0 Å². The maximum absolute atomic E-state index is 12.4. The van der Waals surface area contributed by atoms with Crippen LogP contribution in [-0.4, -0.2) is 63.3 Å². The SMILES string of the molecule is C=C(C)S(=O)(=O)N1CC2(CCN(Cc3ccc(-n4c(-c5cccnc5N)nc5ccc(-c6ccccc6)nc54)cc3)CC2)C1. The second-order valence-electron chi connectivity index (χ2n) is 12.0. The van der Waals surface area contributed by atoms with Gasteiger partial charge < -0.3 is 5.73 Å². The molecule has 2 N–H and O–H groups in total. The average Bonchev–Trinajstić information content (AvgIpc) is 3.40. The summed E-state index contributed by atoms with van der Waals surface area (Å²) in [5.74, 6) is 1.11. The van der Waals surface area contributed by atoms with Gasteiger partial charge in [-0.2, -0.15) is 4.31 Å². The van der Waals surface area contributed by atoms with Crippen LogP contribution in [0.2, 0.25) is 0 Å². The van der Waals surface area contributed by atoms with Crippen LogP contribution >= 0.6 is 0 Å². The van der Waals surface area contributed by atoms with Crippen LogP contribution in [0.4, 0.5) is 5.82 Å². The minimum absolute atomic E-state index is 0.0987. The number of piperidine rings is 1. The third-order valence-corrected chi connectivity index (χ3v) is 10.8. The van der Waals surface area contributed by atoms with Crippen molar-refractivity contribution in [2.75, 3.05) is 31.9 Å². The molecule has 5 aromatic rings. The minimum Gasteiger partial charge on any atom is -0.383 e. The molecule has 0 radical (unpaired) electrons. The Morgan fingerprint density at radius 2 is 1.66 bits per heavy atom. The van der Waals surface area contributed by atoms with E-state index >= 15 is 0 Å². The van der Waals surface area contributed by atoms with Crippen LogP contribution in [0.1, 0.15) is 25.3 Å².